The van der Waals surface area contributed by atoms with Crippen LogP contribution in [0.2, 0.25) is 0 Å². The van der Waals surface area contributed by atoms with Gasteiger partial charge in [-0.15, -0.1) is 12.4 Å². The van der Waals surface area contributed by atoms with Crippen LogP contribution in [0.1, 0.15) is 36.3 Å². The molecule has 1 atom stereocenters. The minimum atomic E-state index is -0.239. The Morgan fingerprint density at radius 2 is 2.33 bits per heavy atom. The van der Waals surface area contributed by atoms with Crippen molar-refractivity contribution in [2.45, 2.75) is 25.8 Å². The highest BCUT2D eigenvalue weighted by Gasteiger charge is 2.18. The Labute approximate surface area is 167 Å². The maximum absolute atomic E-state index is 12.5. The fourth-order valence-corrected chi connectivity index (χ4v) is 3.99. The molecule has 7 nitrogen and oxygen atoms in total. The zero-order valence-corrected chi connectivity index (χ0v) is 16.6. The summed E-state index contributed by atoms with van der Waals surface area (Å²) >= 11 is 1.43. The highest BCUT2D eigenvalue weighted by Crippen LogP contribution is 2.29. The molecule has 1 unspecified atom stereocenters. The van der Waals surface area contributed by atoms with Crippen molar-refractivity contribution >= 4 is 45.0 Å². The molecule has 0 radical (unpaired) electrons. The number of carbonyl (C=O) groups is 1. The molecule has 144 valence electrons. The average molecular weight is 408 g/mol. The van der Waals surface area contributed by atoms with Gasteiger partial charge in [0.05, 0.1) is 22.9 Å². The summed E-state index contributed by atoms with van der Waals surface area (Å²) < 4.78 is 8.37. The third-order valence-electron chi connectivity index (χ3n) is 4.38. The molecule has 2 aromatic heterocycles. The first-order valence-corrected chi connectivity index (χ1v) is 9.65. The van der Waals surface area contributed by atoms with Crippen LogP contribution in [-0.2, 0) is 0 Å². The van der Waals surface area contributed by atoms with Crippen LogP contribution in [0.15, 0.2) is 30.5 Å². The maximum Gasteiger partial charge on any atom is 0.277 e. The summed E-state index contributed by atoms with van der Waals surface area (Å²) in [4.78, 5) is 17.0. The number of rotatable bonds is 5. The van der Waals surface area contributed by atoms with Crippen LogP contribution in [0, 0.1) is 0 Å². The molecule has 4 rings (SSSR count). The molecular formula is C18H22ClN5O2S. The van der Waals surface area contributed by atoms with Crippen molar-refractivity contribution in [3.63, 3.8) is 0 Å². The molecule has 2 N–H and O–H groups in total. The molecule has 1 fully saturated rings. The lowest BCUT2D eigenvalue weighted by atomic mass is 10.1. The van der Waals surface area contributed by atoms with E-state index in [9.17, 15) is 4.79 Å². The molecule has 3 heterocycles. The lowest BCUT2D eigenvalue weighted by Gasteiger charge is -2.22. The molecule has 9 heteroatoms. The van der Waals surface area contributed by atoms with Crippen LogP contribution < -0.4 is 15.4 Å². The first-order chi connectivity index (χ1) is 12.7. The summed E-state index contributed by atoms with van der Waals surface area (Å²) in [5.41, 5.74) is 1.25. The monoisotopic (exact) mass is 407 g/mol. The van der Waals surface area contributed by atoms with E-state index in [1.807, 2.05) is 36.0 Å². The van der Waals surface area contributed by atoms with E-state index in [2.05, 4.69) is 20.7 Å². The van der Waals surface area contributed by atoms with E-state index < -0.39 is 0 Å². The molecule has 0 saturated carbocycles. The second kappa shape index (κ2) is 8.69. The fraction of sp³-hybridized carbons (Fsp3) is 0.389. The Morgan fingerprint density at radius 3 is 3.11 bits per heavy atom. The lowest BCUT2D eigenvalue weighted by molar-refractivity contribution is 0.102. The van der Waals surface area contributed by atoms with Crippen LogP contribution >= 0.6 is 23.7 Å². The third-order valence-corrected chi connectivity index (χ3v) is 5.31. The quantitative estimate of drug-likeness (QED) is 0.676. The van der Waals surface area contributed by atoms with E-state index in [0.717, 1.165) is 41.9 Å². The molecule has 1 saturated heterocycles. The number of hydrogen-bond acceptors (Lipinski definition) is 6. The lowest BCUT2D eigenvalue weighted by Crippen LogP contribution is -2.32. The van der Waals surface area contributed by atoms with Crippen molar-refractivity contribution < 1.29 is 9.53 Å². The molecule has 1 aliphatic rings. The summed E-state index contributed by atoms with van der Waals surface area (Å²) in [7, 11) is 0. The van der Waals surface area contributed by atoms with Gasteiger partial charge in [-0.1, -0.05) is 11.3 Å². The van der Waals surface area contributed by atoms with Gasteiger partial charge in [0.25, 0.3) is 5.91 Å². The van der Waals surface area contributed by atoms with E-state index >= 15 is 0 Å². The molecular weight excluding hydrogens is 386 g/mol. The van der Waals surface area contributed by atoms with Gasteiger partial charge in [0.15, 0.2) is 10.8 Å². The van der Waals surface area contributed by atoms with Crippen molar-refractivity contribution in [3.8, 4) is 5.75 Å². The largest absolute Gasteiger partial charge is 0.494 e. The Kier molecular flexibility index (Phi) is 6.30. The van der Waals surface area contributed by atoms with Gasteiger partial charge in [-0.3, -0.25) is 14.8 Å². The number of amides is 1. The minimum absolute atomic E-state index is 0. The van der Waals surface area contributed by atoms with Crippen molar-refractivity contribution in [3.05, 3.63) is 36.2 Å². The molecule has 1 amide bonds. The normalized spacial score (nSPS) is 16.7. The number of carbonyl (C=O) groups excluding carboxylic acids is 1. The van der Waals surface area contributed by atoms with Crippen LogP contribution in [0.5, 0.6) is 5.75 Å². The number of nitrogens with one attached hydrogen (secondary N) is 2. The first kappa shape index (κ1) is 19.6. The molecule has 0 spiro atoms. The number of aromatic nitrogens is 3. The molecule has 3 aromatic rings. The highest BCUT2D eigenvalue weighted by atomic mass is 35.5. The molecule has 1 aliphatic heterocycles. The minimum Gasteiger partial charge on any atom is -0.494 e. The molecule has 0 aliphatic carbocycles. The Bertz CT molecular complexity index is 920. The first-order valence-electron chi connectivity index (χ1n) is 8.83. The second-order valence-electron chi connectivity index (χ2n) is 6.22. The van der Waals surface area contributed by atoms with Crippen molar-refractivity contribution in [2.75, 3.05) is 25.0 Å². The number of ether oxygens (including phenoxy) is 1. The van der Waals surface area contributed by atoms with E-state index in [-0.39, 0.29) is 18.3 Å². The van der Waals surface area contributed by atoms with E-state index in [1.54, 1.807) is 6.07 Å². The smallest absolute Gasteiger partial charge is 0.277 e. The second-order valence-corrected chi connectivity index (χ2v) is 7.25. The number of fused-ring (bicyclic) bond motifs is 1. The zero-order chi connectivity index (χ0) is 17.9. The van der Waals surface area contributed by atoms with E-state index in [4.69, 9.17) is 4.74 Å². The maximum atomic E-state index is 12.5. The number of hydrogen-bond donors (Lipinski definition) is 2. The standard InChI is InChI=1S/C18H21N5O2S.ClH/c1-2-25-13-5-6-14-16(10-13)26-18(20-14)21-17(24)15-7-9-23(22-15)12-4-3-8-19-11-12;/h5-7,9-10,12,19H,2-4,8,11H2,1H3,(H,20,21,24);1H. The van der Waals surface area contributed by atoms with Crippen LogP contribution in [0.3, 0.4) is 0 Å². The molecule has 1 aromatic carbocycles. The Balaban J connectivity index is 0.00000210. The summed E-state index contributed by atoms with van der Waals surface area (Å²) in [5.74, 6) is 0.568. The van der Waals surface area contributed by atoms with Gasteiger partial charge >= 0.3 is 0 Å². The highest BCUT2D eigenvalue weighted by molar-refractivity contribution is 7.22. The summed E-state index contributed by atoms with van der Waals surface area (Å²) in [6.45, 7) is 4.51. The van der Waals surface area contributed by atoms with Gasteiger partial charge < -0.3 is 10.1 Å². The third kappa shape index (κ3) is 4.40. The molecule has 0 bridgehead atoms. The van der Waals surface area contributed by atoms with Crippen LogP contribution in [0.4, 0.5) is 5.13 Å². The van der Waals surface area contributed by atoms with Crippen molar-refractivity contribution in [1.29, 1.82) is 0 Å². The topological polar surface area (TPSA) is 81.1 Å². The van der Waals surface area contributed by atoms with Crippen molar-refractivity contribution in [2.24, 2.45) is 0 Å². The van der Waals surface area contributed by atoms with Gasteiger partial charge in [-0.25, -0.2) is 4.98 Å². The van der Waals surface area contributed by atoms with Crippen LogP contribution in [0.25, 0.3) is 10.2 Å². The average Bonchev–Trinajstić information content (AvgIpc) is 3.29. The van der Waals surface area contributed by atoms with Gasteiger partial charge in [-0.05, 0) is 50.6 Å². The number of anilines is 1. The van der Waals surface area contributed by atoms with E-state index in [1.165, 1.54) is 11.3 Å². The zero-order valence-electron chi connectivity index (χ0n) is 15.0. The summed E-state index contributed by atoms with van der Waals surface area (Å²) in [6.07, 6.45) is 4.08. The Morgan fingerprint density at radius 1 is 1.44 bits per heavy atom. The summed E-state index contributed by atoms with van der Waals surface area (Å²) in [6, 6.07) is 7.79. The van der Waals surface area contributed by atoms with Gasteiger partial charge in [0.1, 0.15) is 5.75 Å². The predicted molar refractivity (Wildman–Crippen MR) is 109 cm³/mol. The molecule has 27 heavy (non-hydrogen) atoms. The number of thiazole rings is 1. The van der Waals surface area contributed by atoms with Crippen molar-refractivity contribution in [1.82, 2.24) is 20.1 Å². The van der Waals surface area contributed by atoms with Gasteiger partial charge in [0.2, 0.25) is 0 Å². The van der Waals surface area contributed by atoms with Crippen LogP contribution in [-0.4, -0.2) is 40.4 Å². The fourth-order valence-electron chi connectivity index (χ4n) is 3.10. The number of piperidine rings is 1. The number of halogens is 1. The Hall–Kier alpha value is -2.16. The van der Waals surface area contributed by atoms with E-state index in [0.29, 0.717) is 23.5 Å². The number of nitrogens with zero attached hydrogens (tertiary/aromatic N) is 3. The predicted octanol–water partition coefficient (Wildman–Crippen LogP) is 3.49. The van der Waals surface area contributed by atoms with Gasteiger partial charge in [-0.2, -0.15) is 5.10 Å². The summed E-state index contributed by atoms with van der Waals surface area (Å²) in [5, 5.41) is 11.2. The number of benzene rings is 1. The SMILES string of the molecule is CCOc1ccc2nc(NC(=O)c3ccn(C4CCCNC4)n3)sc2c1.Cl. The van der Waals surface area contributed by atoms with Gasteiger partial charge in [0, 0.05) is 12.7 Å².